The minimum Gasteiger partial charge on any atom is -0.497 e. The number of methoxy groups -OCH3 is 2. The lowest BCUT2D eigenvalue weighted by Crippen LogP contribution is -2.48. The first-order valence-corrected chi connectivity index (χ1v) is 8.45. The molecule has 2 aliphatic rings. The molecule has 1 aromatic rings. The number of anilines is 1. The molecule has 2 atom stereocenters. The van der Waals surface area contributed by atoms with Gasteiger partial charge in [0.15, 0.2) is 0 Å². The smallest absolute Gasteiger partial charge is 0.248 e. The Hall–Kier alpha value is -1.89. The Kier molecular flexibility index (Phi) is 4.14. The van der Waals surface area contributed by atoms with Crippen LogP contribution in [0.5, 0.6) is 11.5 Å². The summed E-state index contributed by atoms with van der Waals surface area (Å²) in [6.07, 6.45) is 1.31. The summed E-state index contributed by atoms with van der Waals surface area (Å²) in [5, 5.41) is 2.88. The molecule has 2 saturated heterocycles. The average Bonchev–Trinajstić information content (AvgIpc) is 3.03. The molecule has 1 N–H and O–H groups in total. The van der Waals surface area contributed by atoms with E-state index in [0.29, 0.717) is 29.4 Å². The van der Waals surface area contributed by atoms with Crippen molar-refractivity contribution in [2.45, 2.75) is 30.7 Å². The molecule has 1 aromatic carbocycles. The van der Waals surface area contributed by atoms with Gasteiger partial charge in [-0.15, -0.1) is 11.8 Å². The SMILES string of the molecule is COc1cc(NC(=O)[C@@H]2CS[C@@]3(C)CCC(=O)N23)cc(OC)c1. The number of fused-ring (bicyclic) bond motifs is 1. The molecule has 0 aliphatic carbocycles. The predicted octanol–water partition coefficient (Wildman–Crippen LogP) is 2.10. The molecule has 0 unspecified atom stereocenters. The molecule has 2 aliphatic heterocycles. The Labute approximate surface area is 139 Å². The molecule has 124 valence electrons. The molecular formula is C16H20N2O4S. The van der Waals surface area contributed by atoms with Crippen molar-refractivity contribution in [3.8, 4) is 11.5 Å². The van der Waals surface area contributed by atoms with Crippen molar-refractivity contribution in [3.05, 3.63) is 18.2 Å². The summed E-state index contributed by atoms with van der Waals surface area (Å²) in [5.74, 6) is 1.70. The van der Waals surface area contributed by atoms with E-state index in [9.17, 15) is 9.59 Å². The van der Waals surface area contributed by atoms with Crippen LogP contribution in [0.4, 0.5) is 5.69 Å². The lowest BCUT2D eigenvalue weighted by molar-refractivity contribution is -0.135. The number of nitrogens with zero attached hydrogens (tertiary/aromatic N) is 1. The Morgan fingerprint density at radius 1 is 1.30 bits per heavy atom. The third-order valence-corrected chi connectivity index (χ3v) is 5.87. The fourth-order valence-corrected chi connectivity index (χ4v) is 4.55. The first kappa shape index (κ1) is 16.0. The first-order valence-electron chi connectivity index (χ1n) is 7.47. The zero-order valence-electron chi connectivity index (χ0n) is 13.4. The maximum absolute atomic E-state index is 12.6. The second-order valence-electron chi connectivity index (χ2n) is 5.86. The number of rotatable bonds is 4. The Morgan fingerprint density at radius 2 is 1.96 bits per heavy atom. The van der Waals surface area contributed by atoms with Gasteiger partial charge < -0.3 is 19.7 Å². The quantitative estimate of drug-likeness (QED) is 0.912. The highest BCUT2D eigenvalue weighted by Crippen LogP contribution is 2.47. The lowest BCUT2D eigenvalue weighted by atomic mass is 10.2. The van der Waals surface area contributed by atoms with Crippen LogP contribution in [0.1, 0.15) is 19.8 Å². The van der Waals surface area contributed by atoms with Gasteiger partial charge in [-0.1, -0.05) is 0 Å². The number of hydrogen-bond acceptors (Lipinski definition) is 5. The van der Waals surface area contributed by atoms with E-state index in [1.165, 1.54) is 0 Å². The van der Waals surface area contributed by atoms with Gasteiger partial charge in [0.2, 0.25) is 11.8 Å². The average molecular weight is 336 g/mol. The summed E-state index contributed by atoms with van der Waals surface area (Å²) >= 11 is 1.68. The molecule has 2 amide bonds. The number of amides is 2. The van der Waals surface area contributed by atoms with Crippen LogP contribution in [0.2, 0.25) is 0 Å². The largest absolute Gasteiger partial charge is 0.497 e. The monoisotopic (exact) mass is 336 g/mol. The minimum absolute atomic E-state index is 0.0564. The van der Waals surface area contributed by atoms with Gasteiger partial charge in [0, 0.05) is 36.1 Å². The summed E-state index contributed by atoms with van der Waals surface area (Å²) in [6.45, 7) is 2.03. The molecule has 23 heavy (non-hydrogen) atoms. The highest BCUT2D eigenvalue weighted by atomic mass is 32.2. The number of carbonyl (C=O) groups excluding carboxylic acids is 2. The van der Waals surface area contributed by atoms with Crippen molar-refractivity contribution >= 4 is 29.3 Å². The van der Waals surface area contributed by atoms with Crippen molar-refractivity contribution in [2.24, 2.45) is 0 Å². The number of hydrogen-bond donors (Lipinski definition) is 1. The first-order chi connectivity index (χ1) is 11.0. The summed E-state index contributed by atoms with van der Waals surface area (Å²) in [5.41, 5.74) is 0.594. The van der Waals surface area contributed by atoms with Crippen LogP contribution >= 0.6 is 11.8 Å². The fraction of sp³-hybridized carbons (Fsp3) is 0.500. The summed E-state index contributed by atoms with van der Waals surface area (Å²) in [6, 6.07) is 4.76. The van der Waals surface area contributed by atoms with E-state index in [1.807, 2.05) is 6.92 Å². The van der Waals surface area contributed by atoms with Gasteiger partial charge in [0.25, 0.3) is 0 Å². The van der Waals surface area contributed by atoms with Crippen LogP contribution in [0.3, 0.4) is 0 Å². The third kappa shape index (κ3) is 2.85. The minimum atomic E-state index is -0.433. The molecule has 7 heteroatoms. The van der Waals surface area contributed by atoms with Gasteiger partial charge in [-0.05, 0) is 13.3 Å². The van der Waals surface area contributed by atoms with Gasteiger partial charge in [0.05, 0.1) is 19.1 Å². The van der Waals surface area contributed by atoms with E-state index in [0.717, 1.165) is 6.42 Å². The van der Waals surface area contributed by atoms with E-state index in [1.54, 1.807) is 49.1 Å². The maximum atomic E-state index is 12.6. The van der Waals surface area contributed by atoms with E-state index in [2.05, 4.69) is 5.32 Å². The van der Waals surface area contributed by atoms with Crippen molar-refractivity contribution in [1.29, 1.82) is 0 Å². The number of ether oxygens (including phenoxy) is 2. The van der Waals surface area contributed by atoms with Gasteiger partial charge >= 0.3 is 0 Å². The predicted molar refractivity (Wildman–Crippen MR) is 88.9 cm³/mol. The molecule has 0 spiro atoms. The normalized spacial score (nSPS) is 26.1. The molecule has 2 fully saturated rings. The van der Waals surface area contributed by atoms with Crippen molar-refractivity contribution in [3.63, 3.8) is 0 Å². The molecule has 6 nitrogen and oxygen atoms in total. The third-order valence-electron chi connectivity index (χ3n) is 4.37. The highest BCUT2D eigenvalue weighted by Gasteiger charge is 2.52. The highest BCUT2D eigenvalue weighted by molar-refractivity contribution is 8.01. The molecule has 0 aromatic heterocycles. The van der Waals surface area contributed by atoms with Crippen molar-refractivity contribution in [1.82, 2.24) is 4.90 Å². The van der Waals surface area contributed by atoms with E-state index in [4.69, 9.17) is 9.47 Å². The summed E-state index contributed by atoms with van der Waals surface area (Å²) in [4.78, 5) is 26.3. The second kappa shape index (κ2) is 5.96. The molecule has 2 heterocycles. The fourth-order valence-electron chi connectivity index (χ4n) is 3.12. The number of benzene rings is 1. The van der Waals surface area contributed by atoms with Gasteiger partial charge in [-0.25, -0.2) is 0 Å². The molecule has 3 rings (SSSR count). The number of thioether (sulfide) groups is 1. The standard InChI is InChI=1S/C16H20N2O4S/c1-16-5-4-14(19)18(16)13(9-23-16)15(20)17-10-6-11(21-2)8-12(7-10)22-3/h6-8,13H,4-5,9H2,1-3H3,(H,17,20)/t13-,16-/m0/s1. The zero-order valence-corrected chi connectivity index (χ0v) is 14.2. The van der Waals surface area contributed by atoms with Crippen molar-refractivity contribution in [2.75, 3.05) is 25.3 Å². The molecule has 0 bridgehead atoms. The van der Waals surface area contributed by atoms with Crippen molar-refractivity contribution < 1.29 is 19.1 Å². The number of carbonyl (C=O) groups is 2. The lowest BCUT2D eigenvalue weighted by Gasteiger charge is -2.29. The molecule has 0 saturated carbocycles. The Bertz CT molecular complexity index is 629. The van der Waals surface area contributed by atoms with Gasteiger partial charge in [-0.2, -0.15) is 0 Å². The van der Waals surface area contributed by atoms with Crippen LogP contribution in [0, 0.1) is 0 Å². The van der Waals surface area contributed by atoms with E-state index >= 15 is 0 Å². The van der Waals surface area contributed by atoms with Crippen LogP contribution in [-0.2, 0) is 9.59 Å². The number of nitrogens with one attached hydrogen (secondary N) is 1. The Morgan fingerprint density at radius 3 is 2.57 bits per heavy atom. The molecular weight excluding hydrogens is 316 g/mol. The van der Waals surface area contributed by atoms with E-state index in [-0.39, 0.29) is 16.7 Å². The van der Waals surface area contributed by atoms with Crippen LogP contribution < -0.4 is 14.8 Å². The maximum Gasteiger partial charge on any atom is 0.248 e. The second-order valence-corrected chi connectivity index (χ2v) is 7.36. The van der Waals surface area contributed by atoms with E-state index < -0.39 is 6.04 Å². The topological polar surface area (TPSA) is 67.9 Å². The zero-order chi connectivity index (χ0) is 16.6. The van der Waals surface area contributed by atoms with Gasteiger partial charge in [0.1, 0.15) is 17.5 Å². The van der Waals surface area contributed by atoms with Crippen LogP contribution in [-0.4, -0.2) is 47.6 Å². The summed E-state index contributed by atoms with van der Waals surface area (Å²) < 4.78 is 10.4. The summed E-state index contributed by atoms with van der Waals surface area (Å²) in [7, 11) is 3.12. The molecule has 0 radical (unpaired) electrons. The Balaban J connectivity index is 1.78. The van der Waals surface area contributed by atoms with Crippen LogP contribution in [0.25, 0.3) is 0 Å². The van der Waals surface area contributed by atoms with Crippen LogP contribution in [0.15, 0.2) is 18.2 Å². The van der Waals surface area contributed by atoms with Gasteiger partial charge in [-0.3, -0.25) is 9.59 Å².